The normalized spacial score (nSPS) is 9.95. The van der Waals surface area contributed by atoms with Gasteiger partial charge in [-0.3, -0.25) is 10.3 Å². The lowest BCUT2D eigenvalue weighted by molar-refractivity contribution is 0.158. The molecule has 1 heterocycles. The Bertz CT molecular complexity index is 610. The number of amides is 1. The molecule has 0 saturated heterocycles. The highest BCUT2D eigenvalue weighted by Gasteiger charge is 2.06. The molecule has 0 spiro atoms. The zero-order valence-corrected chi connectivity index (χ0v) is 11.2. The van der Waals surface area contributed by atoms with Gasteiger partial charge in [-0.2, -0.15) is 0 Å². The zero-order valence-electron chi connectivity index (χ0n) is 10.3. The highest BCUT2D eigenvalue weighted by Crippen LogP contribution is 2.20. The molecule has 0 fully saturated rings. The molecule has 1 aromatic heterocycles. The molecule has 2 N–H and O–H groups in total. The minimum absolute atomic E-state index is 0.190. The second-order valence-electron chi connectivity index (χ2n) is 3.68. The van der Waals surface area contributed by atoms with Crippen molar-refractivity contribution in [2.75, 3.05) is 11.9 Å². The zero-order chi connectivity index (χ0) is 13.7. The van der Waals surface area contributed by atoms with Crippen molar-refractivity contribution in [2.45, 2.75) is 6.92 Å². The molecule has 0 saturated carbocycles. The molecule has 0 unspecified atom stereocenters. The van der Waals surface area contributed by atoms with E-state index in [4.69, 9.17) is 17.0 Å². The van der Waals surface area contributed by atoms with E-state index in [9.17, 15) is 4.79 Å². The third-order valence-corrected chi connectivity index (χ3v) is 2.59. The van der Waals surface area contributed by atoms with Gasteiger partial charge in [0.1, 0.15) is 0 Å². The molecule has 2 aromatic rings. The molecule has 0 aliphatic rings. The fraction of sp³-hybridized carbons (Fsp3) is 0.154. The van der Waals surface area contributed by atoms with Gasteiger partial charge in [0.15, 0.2) is 5.11 Å². The summed E-state index contributed by atoms with van der Waals surface area (Å²) in [5, 5.41) is 6.50. The van der Waals surface area contributed by atoms with Crippen molar-refractivity contribution in [2.24, 2.45) is 0 Å². The quantitative estimate of drug-likeness (QED) is 0.825. The lowest BCUT2D eigenvalue weighted by Crippen LogP contribution is -2.34. The van der Waals surface area contributed by atoms with Crippen molar-refractivity contribution in [3.8, 4) is 0 Å². The van der Waals surface area contributed by atoms with Crippen LogP contribution in [0.25, 0.3) is 10.9 Å². The summed E-state index contributed by atoms with van der Waals surface area (Å²) in [6.07, 6.45) is 1.15. The van der Waals surface area contributed by atoms with E-state index in [2.05, 4.69) is 15.6 Å². The van der Waals surface area contributed by atoms with Crippen LogP contribution in [-0.2, 0) is 4.74 Å². The van der Waals surface area contributed by atoms with Gasteiger partial charge in [0.05, 0.1) is 12.1 Å². The largest absolute Gasteiger partial charge is 0.450 e. The minimum atomic E-state index is -0.571. The van der Waals surface area contributed by atoms with Crippen LogP contribution in [0.4, 0.5) is 10.5 Å². The fourth-order valence-electron chi connectivity index (χ4n) is 1.63. The number of pyridine rings is 1. The molecule has 5 nitrogen and oxygen atoms in total. The number of anilines is 1. The highest BCUT2D eigenvalue weighted by molar-refractivity contribution is 7.80. The molecule has 19 heavy (non-hydrogen) atoms. The van der Waals surface area contributed by atoms with E-state index in [0.29, 0.717) is 6.61 Å². The van der Waals surface area contributed by atoms with Crippen molar-refractivity contribution in [1.82, 2.24) is 10.3 Å². The van der Waals surface area contributed by atoms with Crippen LogP contribution in [0.3, 0.4) is 0 Å². The Balaban J connectivity index is 2.13. The Morgan fingerprint density at radius 3 is 3.00 bits per heavy atom. The number of nitrogens with one attached hydrogen (secondary N) is 2. The van der Waals surface area contributed by atoms with Gasteiger partial charge < -0.3 is 10.1 Å². The van der Waals surface area contributed by atoms with Gasteiger partial charge >= 0.3 is 6.09 Å². The molecule has 0 aliphatic carbocycles. The SMILES string of the molecule is CCOC(=O)NC(=S)Nc1cccc2ncccc12. The molecular weight excluding hydrogens is 262 g/mol. The van der Waals surface area contributed by atoms with E-state index in [-0.39, 0.29) is 5.11 Å². The number of carbonyl (C=O) groups excluding carboxylic acids is 1. The van der Waals surface area contributed by atoms with Crippen LogP contribution in [0.2, 0.25) is 0 Å². The lowest BCUT2D eigenvalue weighted by atomic mass is 10.2. The van der Waals surface area contributed by atoms with Crippen LogP contribution < -0.4 is 10.6 Å². The molecule has 1 aromatic carbocycles. The summed E-state index contributed by atoms with van der Waals surface area (Å²) in [5.74, 6) is 0. The Kier molecular flexibility index (Phi) is 4.25. The standard InChI is InChI=1S/C13H13N3O2S/c1-2-18-13(17)16-12(19)15-11-7-3-6-10-9(11)5-4-8-14-10/h3-8H,2H2,1H3,(H2,15,16,17,19). The number of hydrogen-bond acceptors (Lipinski definition) is 4. The summed E-state index contributed by atoms with van der Waals surface area (Å²) in [7, 11) is 0. The summed E-state index contributed by atoms with van der Waals surface area (Å²) in [5.41, 5.74) is 1.64. The number of hydrogen-bond donors (Lipinski definition) is 2. The first-order valence-corrected chi connectivity index (χ1v) is 6.20. The number of ether oxygens (including phenoxy) is 1. The lowest BCUT2D eigenvalue weighted by Gasteiger charge is -2.11. The minimum Gasteiger partial charge on any atom is -0.450 e. The molecule has 0 radical (unpaired) electrons. The Morgan fingerprint density at radius 2 is 2.21 bits per heavy atom. The summed E-state index contributed by atoms with van der Waals surface area (Å²) in [6.45, 7) is 2.03. The van der Waals surface area contributed by atoms with Crippen molar-refractivity contribution in [3.05, 3.63) is 36.5 Å². The molecule has 1 amide bonds. The topological polar surface area (TPSA) is 63.2 Å². The average Bonchev–Trinajstić information content (AvgIpc) is 2.39. The van der Waals surface area contributed by atoms with Crippen LogP contribution in [-0.4, -0.2) is 22.8 Å². The van der Waals surface area contributed by atoms with Gasteiger partial charge in [-0.1, -0.05) is 6.07 Å². The first kappa shape index (κ1) is 13.2. The first-order valence-electron chi connectivity index (χ1n) is 5.79. The monoisotopic (exact) mass is 275 g/mol. The number of fused-ring (bicyclic) bond motifs is 1. The van der Waals surface area contributed by atoms with Crippen LogP contribution in [0.15, 0.2) is 36.5 Å². The van der Waals surface area contributed by atoms with Gasteiger partial charge in [0.25, 0.3) is 0 Å². The Labute approximate surface area is 116 Å². The van der Waals surface area contributed by atoms with E-state index in [1.807, 2.05) is 30.3 Å². The van der Waals surface area contributed by atoms with Gasteiger partial charge in [-0.25, -0.2) is 4.79 Å². The molecule has 0 atom stereocenters. The number of thiocarbonyl (C=S) groups is 1. The van der Waals surface area contributed by atoms with E-state index < -0.39 is 6.09 Å². The second-order valence-corrected chi connectivity index (χ2v) is 4.08. The number of aromatic nitrogens is 1. The number of nitrogens with zero attached hydrogens (tertiary/aromatic N) is 1. The Morgan fingerprint density at radius 1 is 1.37 bits per heavy atom. The summed E-state index contributed by atoms with van der Waals surface area (Å²) in [6, 6.07) is 9.41. The van der Waals surface area contributed by atoms with E-state index in [1.165, 1.54) is 0 Å². The second kappa shape index (κ2) is 6.10. The number of rotatable bonds is 2. The van der Waals surface area contributed by atoms with Crippen LogP contribution in [0, 0.1) is 0 Å². The predicted octanol–water partition coefficient (Wildman–Crippen LogP) is 2.68. The number of benzene rings is 1. The van der Waals surface area contributed by atoms with Crippen LogP contribution >= 0.6 is 12.2 Å². The van der Waals surface area contributed by atoms with Crippen molar-refractivity contribution in [1.29, 1.82) is 0 Å². The van der Waals surface area contributed by atoms with E-state index in [0.717, 1.165) is 16.6 Å². The van der Waals surface area contributed by atoms with Gasteiger partial charge in [0.2, 0.25) is 0 Å². The maximum atomic E-state index is 11.2. The molecular formula is C13H13N3O2S. The van der Waals surface area contributed by atoms with Gasteiger partial charge in [0, 0.05) is 17.3 Å². The summed E-state index contributed by atoms with van der Waals surface area (Å²) in [4.78, 5) is 15.5. The third kappa shape index (κ3) is 3.38. The number of carbonyl (C=O) groups is 1. The van der Waals surface area contributed by atoms with Gasteiger partial charge in [-0.15, -0.1) is 0 Å². The molecule has 98 valence electrons. The first-order chi connectivity index (χ1) is 9.20. The van der Waals surface area contributed by atoms with Gasteiger partial charge in [-0.05, 0) is 43.4 Å². The maximum absolute atomic E-state index is 11.2. The van der Waals surface area contributed by atoms with Crippen LogP contribution in [0.1, 0.15) is 6.92 Å². The van der Waals surface area contributed by atoms with E-state index >= 15 is 0 Å². The average molecular weight is 275 g/mol. The summed E-state index contributed by atoms with van der Waals surface area (Å²) < 4.78 is 4.75. The molecule has 0 aliphatic heterocycles. The third-order valence-electron chi connectivity index (χ3n) is 2.38. The maximum Gasteiger partial charge on any atom is 0.413 e. The van der Waals surface area contributed by atoms with Crippen molar-refractivity contribution in [3.63, 3.8) is 0 Å². The molecule has 2 rings (SSSR count). The fourth-order valence-corrected chi connectivity index (χ4v) is 1.82. The van der Waals surface area contributed by atoms with Crippen molar-refractivity contribution < 1.29 is 9.53 Å². The van der Waals surface area contributed by atoms with Crippen molar-refractivity contribution >= 4 is 40.0 Å². The number of alkyl carbamates (subject to hydrolysis) is 1. The Hall–Kier alpha value is -2.21. The van der Waals surface area contributed by atoms with E-state index in [1.54, 1.807) is 13.1 Å². The van der Waals surface area contributed by atoms with Crippen LogP contribution in [0.5, 0.6) is 0 Å². The smallest absolute Gasteiger partial charge is 0.413 e. The molecule has 0 bridgehead atoms. The highest BCUT2D eigenvalue weighted by atomic mass is 32.1. The predicted molar refractivity (Wildman–Crippen MR) is 78.1 cm³/mol. The molecule has 6 heteroatoms. The summed E-state index contributed by atoms with van der Waals surface area (Å²) >= 11 is 5.05.